The number of rotatable bonds is 6. The number of hydrogen-bond acceptors (Lipinski definition) is 4. The van der Waals surface area contributed by atoms with Crippen LogP contribution in [0.15, 0.2) is 42.7 Å². The molecule has 2 heterocycles. The summed E-state index contributed by atoms with van der Waals surface area (Å²) in [5, 5.41) is 6.15. The van der Waals surface area contributed by atoms with Crippen molar-refractivity contribution in [1.82, 2.24) is 20.5 Å². The molecule has 1 saturated heterocycles. The van der Waals surface area contributed by atoms with E-state index in [0.29, 0.717) is 12.6 Å². The van der Waals surface area contributed by atoms with Gasteiger partial charge < -0.3 is 10.6 Å². The average Bonchev–Trinajstić information content (AvgIpc) is 3.31. The summed E-state index contributed by atoms with van der Waals surface area (Å²) < 4.78 is 0. The molecule has 0 bridgehead atoms. The van der Waals surface area contributed by atoms with Gasteiger partial charge >= 0.3 is 0 Å². The molecule has 1 aromatic carbocycles. The largest absolute Gasteiger partial charge is 0.353 e. The maximum Gasteiger partial charge on any atom is 0.237 e. The Hall–Kier alpha value is -2.73. The minimum Gasteiger partial charge on any atom is -0.353 e. The molecule has 6 nitrogen and oxygen atoms in total. The van der Waals surface area contributed by atoms with E-state index in [9.17, 15) is 9.59 Å². The summed E-state index contributed by atoms with van der Waals surface area (Å²) in [4.78, 5) is 32.2. The maximum absolute atomic E-state index is 13.2. The highest BCUT2D eigenvalue weighted by molar-refractivity contribution is 5.89. The van der Waals surface area contributed by atoms with Gasteiger partial charge in [-0.2, -0.15) is 0 Å². The van der Waals surface area contributed by atoms with Gasteiger partial charge in [0.15, 0.2) is 0 Å². The molecule has 0 unspecified atom stereocenters. The van der Waals surface area contributed by atoms with Crippen molar-refractivity contribution in [3.63, 3.8) is 0 Å². The lowest BCUT2D eigenvalue weighted by Crippen LogP contribution is -2.59. The van der Waals surface area contributed by atoms with Crippen LogP contribution in [0.1, 0.15) is 60.4 Å². The molecular formula is C25H32N4O2. The number of carbonyl (C=O) groups is 2. The number of pyridine rings is 1. The minimum atomic E-state index is -0.394. The van der Waals surface area contributed by atoms with Gasteiger partial charge in [0, 0.05) is 31.5 Å². The van der Waals surface area contributed by atoms with Crippen LogP contribution in [0.3, 0.4) is 0 Å². The highest BCUT2D eigenvalue weighted by Gasteiger charge is 2.37. The summed E-state index contributed by atoms with van der Waals surface area (Å²) >= 11 is 0. The number of piperazine rings is 1. The molecule has 31 heavy (non-hydrogen) atoms. The predicted molar refractivity (Wildman–Crippen MR) is 121 cm³/mol. The Morgan fingerprint density at radius 3 is 2.58 bits per heavy atom. The first-order valence-corrected chi connectivity index (χ1v) is 11.3. The zero-order chi connectivity index (χ0) is 21.8. The molecule has 6 heteroatoms. The van der Waals surface area contributed by atoms with Crippen LogP contribution in [0.5, 0.6) is 0 Å². The molecule has 2 N–H and O–H groups in total. The number of benzene rings is 1. The molecular weight excluding hydrogens is 388 g/mol. The Morgan fingerprint density at radius 1 is 1.13 bits per heavy atom. The first-order chi connectivity index (χ1) is 15.0. The molecule has 1 saturated carbocycles. The fraction of sp³-hybridized carbons (Fsp3) is 0.480. The summed E-state index contributed by atoms with van der Waals surface area (Å²) in [6.45, 7) is 5.64. The minimum absolute atomic E-state index is 0.0278. The maximum atomic E-state index is 13.2. The standard InChI is InChI=1S/C25H32N4O2/c1-17-7-8-20(15-18(17)2)24(19-9-11-26-12-10-19)28-23(30)16-22-25(31)27-13-14-29(22)21-5-3-4-6-21/h7-12,15,21-22,24H,3-6,13-14,16H2,1-2H3,(H,27,31)(H,28,30)/t22-,24-/m0/s1. The van der Waals surface area contributed by atoms with Gasteiger partial charge in [-0.15, -0.1) is 0 Å². The van der Waals surface area contributed by atoms with Crippen molar-refractivity contribution in [2.24, 2.45) is 0 Å². The SMILES string of the molecule is Cc1ccc([C@@H](NC(=O)C[C@H]2C(=O)NCCN2C2CCCC2)c2ccncc2)cc1C. The van der Waals surface area contributed by atoms with E-state index >= 15 is 0 Å². The second-order valence-electron chi connectivity index (χ2n) is 8.81. The van der Waals surface area contributed by atoms with E-state index in [1.165, 1.54) is 24.0 Å². The Bertz CT molecular complexity index is 924. The van der Waals surface area contributed by atoms with E-state index in [1.807, 2.05) is 12.1 Å². The third-order valence-corrected chi connectivity index (χ3v) is 6.75. The molecule has 0 radical (unpaired) electrons. The fourth-order valence-electron chi connectivity index (χ4n) is 4.87. The topological polar surface area (TPSA) is 74.3 Å². The quantitative estimate of drug-likeness (QED) is 0.753. The van der Waals surface area contributed by atoms with Crippen LogP contribution in [0, 0.1) is 13.8 Å². The summed E-state index contributed by atoms with van der Waals surface area (Å²) in [5.41, 5.74) is 4.41. The van der Waals surface area contributed by atoms with E-state index in [-0.39, 0.29) is 24.3 Å². The van der Waals surface area contributed by atoms with Crippen molar-refractivity contribution in [2.45, 2.75) is 64.1 Å². The van der Waals surface area contributed by atoms with Crippen molar-refractivity contribution >= 4 is 11.8 Å². The lowest BCUT2D eigenvalue weighted by Gasteiger charge is -2.39. The van der Waals surface area contributed by atoms with Crippen molar-refractivity contribution in [3.05, 3.63) is 65.0 Å². The first kappa shape index (κ1) is 21.5. The van der Waals surface area contributed by atoms with E-state index in [4.69, 9.17) is 0 Å². The molecule has 2 atom stereocenters. The Morgan fingerprint density at radius 2 is 1.87 bits per heavy atom. The van der Waals surface area contributed by atoms with Crippen LogP contribution in [0.4, 0.5) is 0 Å². The van der Waals surface area contributed by atoms with Crippen LogP contribution in [-0.4, -0.2) is 46.9 Å². The second-order valence-corrected chi connectivity index (χ2v) is 8.81. The van der Waals surface area contributed by atoms with E-state index < -0.39 is 6.04 Å². The molecule has 1 aliphatic heterocycles. The second kappa shape index (κ2) is 9.60. The third-order valence-electron chi connectivity index (χ3n) is 6.75. The van der Waals surface area contributed by atoms with Crippen molar-refractivity contribution in [1.29, 1.82) is 0 Å². The van der Waals surface area contributed by atoms with Gasteiger partial charge in [0.2, 0.25) is 11.8 Å². The number of nitrogens with zero attached hydrogens (tertiary/aromatic N) is 2. The smallest absolute Gasteiger partial charge is 0.237 e. The molecule has 1 aliphatic carbocycles. The van der Waals surface area contributed by atoms with Crippen molar-refractivity contribution in [3.8, 4) is 0 Å². The zero-order valence-electron chi connectivity index (χ0n) is 18.4. The van der Waals surface area contributed by atoms with Gasteiger partial charge in [0.1, 0.15) is 0 Å². The van der Waals surface area contributed by atoms with Crippen LogP contribution >= 0.6 is 0 Å². The summed E-state index contributed by atoms with van der Waals surface area (Å²) in [6.07, 6.45) is 8.31. The van der Waals surface area contributed by atoms with Gasteiger partial charge in [-0.3, -0.25) is 19.5 Å². The predicted octanol–water partition coefficient (Wildman–Crippen LogP) is 3.04. The van der Waals surface area contributed by atoms with Crippen LogP contribution in [-0.2, 0) is 9.59 Å². The van der Waals surface area contributed by atoms with Crippen LogP contribution in [0.25, 0.3) is 0 Å². The number of carbonyl (C=O) groups excluding carboxylic acids is 2. The highest BCUT2D eigenvalue weighted by Crippen LogP contribution is 2.28. The summed E-state index contributed by atoms with van der Waals surface area (Å²) in [5.74, 6) is -0.134. The number of aromatic nitrogens is 1. The van der Waals surface area contributed by atoms with Gasteiger partial charge in [-0.25, -0.2) is 0 Å². The van der Waals surface area contributed by atoms with Crippen molar-refractivity contribution < 1.29 is 9.59 Å². The zero-order valence-corrected chi connectivity index (χ0v) is 18.4. The van der Waals surface area contributed by atoms with Gasteiger partial charge in [-0.1, -0.05) is 31.0 Å². The molecule has 2 amide bonds. The molecule has 1 aromatic heterocycles. The molecule has 2 fully saturated rings. The number of amides is 2. The average molecular weight is 421 g/mol. The fourth-order valence-corrected chi connectivity index (χ4v) is 4.87. The molecule has 2 aromatic rings. The monoisotopic (exact) mass is 420 g/mol. The highest BCUT2D eigenvalue weighted by atomic mass is 16.2. The lowest BCUT2D eigenvalue weighted by atomic mass is 9.95. The third kappa shape index (κ3) is 4.96. The Kier molecular flexibility index (Phi) is 6.66. The lowest BCUT2D eigenvalue weighted by molar-refractivity contribution is -0.135. The van der Waals surface area contributed by atoms with Crippen LogP contribution < -0.4 is 10.6 Å². The number of nitrogens with one attached hydrogen (secondary N) is 2. The number of aryl methyl sites for hydroxylation is 2. The van der Waals surface area contributed by atoms with Gasteiger partial charge in [-0.05, 0) is 61.1 Å². The van der Waals surface area contributed by atoms with E-state index in [0.717, 1.165) is 30.5 Å². The molecule has 164 valence electrons. The molecule has 2 aliphatic rings. The van der Waals surface area contributed by atoms with E-state index in [2.05, 4.69) is 52.6 Å². The molecule has 0 spiro atoms. The van der Waals surface area contributed by atoms with Crippen molar-refractivity contribution in [2.75, 3.05) is 13.1 Å². The number of hydrogen-bond donors (Lipinski definition) is 2. The summed E-state index contributed by atoms with van der Waals surface area (Å²) in [7, 11) is 0. The normalized spacial score (nSPS) is 21.0. The van der Waals surface area contributed by atoms with Gasteiger partial charge in [0.05, 0.1) is 18.5 Å². The Balaban J connectivity index is 1.54. The van der Waals surface area contributed by atoms with E-state index in [1.54, 1.807) is 12.4 Å². The molecule has 4 rings (SSSR count). The van der Waals surface area contributed by atoms with Gasteiger partial charge in [0.25, 0.3) is 0 Å². The summed E-state index contributed by atoms with van der Waals surface area (Å²) in [6, 6.07) is 9.87. The first-order valence-electron chi connectivity index (χ1n) is 11.3. The Labute approximate surface area is 184 Å². The van der Waals surface area contributed by atoms with Crippen LogP contribution in [0.2, 0.25) is 0 Å².